The molecule has 0 fully saturated rings. The molecule has 0 saturated heterocycles. The van der Waals surface area contributed by atoms with Gasteiger partial charge in [0.25, 0.3) is 0 Å². The Labute approximate surface area is 77.0 Å². The minimum absolute atomic E-state index is 0.107. The van der Waals surface area contributed by atoms with E-state index in [0.29, 0.717) is 5.92 Å². The Morgan fingerprint density at radius 2 is 2.00 bits per heavy atom. The molecule has 0 aliphatic rings. The van der Waals surface area contributed by atoms with Crippen molar-refractivity contribution in [2.75, 3.05) is 0 Å². The molecule has 0 saturated carbocycles. The lowest BCUT2D eigenvalue weighted by molar-refractivity contribution is 0.419. The summed E-state index contributed by atoms with van der Waals surface area (Å²) in [6.45, 7) is 10.8. The van der Waals surface area contributed by atoms with E-state index in [9.17, 15) is 0 Å². The summed E-state index contributed by atoms with van der Waals surface area (Å²) in [6.07, 6.45) is 4.37. The van der Waals surface area contributed by atoms with Crippen LogP contribution in [0.1, 0.15) is 47.5 Å². The van der Waals surface area contributed by atoms with Crippen molar-refractivity contribution >= 4 is 0 Å². The van der Waals surface area contributed by atoms with Crippen LogP contribution >= 0.6 is 0 Å². The number of rotatable bonds is 4. The van der Waals surface area contributed by atoms with Gasteiger partial charge in [-0.25, -0.2) is 0 Å². The van der Waals surface area contributed by atoms with Gasteiger partial charge >= 0.3 is 0 Å². The summed E-state index contributed by atoms with van der Waals surface area (Å²) in [5, 5.41) is 0. The first kappa shape index (κ1) is 11.7. The average molecular weight is 169 g/mol. The molecule has 0 rings (SSSR count). The normalized spacial score (nSPS) is 18.1. The van der Waals surface area contributed by atoms with E-state index in [1.807, 2.05) is 0 Å². The monoisotopic (exact) mass is 169 g/mol. The van der Waals surface area contributed by atoms with E-state index in [0.717, 1.165) is 12.8 Å². The molecule has 1 unspecified atom stereocenters. The minimum atomic E-state index is -0.107. The second-order valence-electron chi connectivity index (χ2n) is 4.31. The van der Waals surface area contributed by atoms with Gasteiger partial charge in [-0.05, 0) is 32.6 Å². The molecule has 0 spiro atoms. The van der Waals surface area contributed by atoms with E-state index in [2.05, 4.69) is 40.7 Å². The van der Waals surface area contributed by atoms with Crippen molar-refractivity contribution in [3.05, 3.63) is 11.6 Å². The van der Waals surface area contributed by atoms with Crippen molar-refractivity contribution in [2.45, 2.75) is 53.0 Å². The first-order valence-electron chi connectivity index (χ1n) is 4.86. The van der Waals surface area contributed by atoms with E-state index in [1.165, 1.54) is 5.57 Å². The van der Waals surface area contributed by atoms with Crippen molar-refractivity contribution < 1.29 is 0 Å². The maximum absolute atomic E-state index is 6.18. The first-order chi connectivity index (χ1) is 5.40. The van der Waals surface area contributed by atoms with Gasteiger partial charge in [0.15, 0.2) is 0 Å². The van der Waals surface area contributed by atoms with E-state index in [4.69, 9.17) is 5.73 Å². The highest BCUT2D eigenvalue weighted by molar-refractivity contribution is 5.14. The largest absolute Gasteiger partial charge is 0.322 e. The van der Waals surface area contributed by atoms with E-state index in [1.54, 1.807) is 0 Å². The van der Waals surface area contributed by atoms with Crippen molar-refractivity contribution in [1.82, 2.24) is 0 Å². The summed E-state index contributed by atoms with van der Waals surface area (Å²) >= 11 is 0. The van der Waals surface area contributed by atoms with Crippen molar-refractivity contribution in [2.24, 2.45) is 11.7 Å². The Morgan fingerprint density at radius 1 is 1.50 bits per heavy atom. The Kier molecular flexibility index (Phi) is 4.54. The van der Waals surface area contributed by atoms with Crippen LogP contribution in [0, 0.1) is 5.92 Å². The van der Waals surface area contributed by atoms with Gasteiger partial charge in [-0.15, -0.1) is 0 Å². The number of nitrogens with two attached hydrogens (primary N) is 1. The molecule has 0 aliphatic carbocycles. The molecule has 2 N–H and O–H groups in total. The number of hydrogen-bond acceptors (Lipinski definition) is 1. The predicted molar refractivity (Wildman–Crippen MR) is 56.1 cm³/mol. The highest BCUT2D eigenvalue weighted by atomic mass is 14.7. The molecular weight excluding hydrogens is 146 g/mol. The Bertz CT molecular complexity index is 154. The van der Waals surface area contributed by atoms with Crippen LogP contribution < -0.4 is 5.73 Å². The molecule has 0 heterocycles. The van der Waals surface area contributed by atoms with Crippen molar-refractivity contribution in [3.63, 3.8) is 0 Å². The Balaban J connectivity index is 4.28. The summed E-state index contributed by atoms with van der Waals surface area (Å²) in [5.74, 6) is 0.667. The molecule has 0 aromatic carbocycles. The molecule has 0 radical (unpaired) electrons. The lowest BCUT2D eigenvalue weighted by Gasteiger charge is -2.28. The molecule has 1 nitrogen and oxygen atoms in total. The third-order valence-electron chi connectivity index (χ3n) is 2.24. The first-order valence-corrected chi connectivity index (χ1v) is 4.86. The van der Waals surface area contributed by atoms with Crippen LogP contribution in [-0.4, -0.2) is 5.54 Å². The van der Waals surface area contributed by atoms with Gasteiger partial charge in [0.05, 0.1) is 0 Å². The van der Waals surface area contributed by atoms with Crippen LogP contribution in [-0.2, 0) is 0 Å². The SMILES string of the molecule is CC/C=C(\C)C(C)(N)CC(C)C. The summed E-state index contributed by atoms with van der Waals surface area (Å²) in [5.41, 5.74) is 7.39. The van der Waals surface area contributed by atoms with E-state index >= 15 is 0 Å². The second-order valence-corrected chi connectivity index (χ2v) is 4.31. The quantitative estimate of drug-likeness (QED) is 0.643. The molecule has 0 aromatic rings. The molecule has 72 valence electrons. The highest BCUT2D eigenvalue weighted by Crippen LogP contribution is 2.21. The number of allylic oxidation sites excluding steroid dienone is 1. The lowest BCUT2D eigenvalue weighted by atomic mass is 9.85. The van der Waals surface area contributed by atoms with Gasteiger partial charge in [-0.2, -0.15) is 0 Å². The lowest BCUT2D eigenvalue weighted by Crippen LogP contribution is -2.38. The van der Waals surface area contributed by atoms with E-state index in [-0.39, 0.29) is 5.54 Å². The van der Waals surface area contributed by atoms with Gasteiger partial charge < -0.3 is 5.73 Å². The number of hydrogen-bond donors (Lipinski definition) is 1. The van der Waals surface area contributed by atoms with Crippen LogP contribution in [0.5, 0.6) is 0 Å². The smallest absolute Gasteiger partial charge is 0.0339 e. The fraction of sp³-hybridized carbons (Fsp3) is 0.818. The molecule has 0 bridgehead atoms. The van der Waals surface area contributed by atoms with Crippen molar-refractivity contribution in [1.29, 1.82) is 0 Å². The molecule has 1 atom stereocenters. The van der Waals surface area contributed by atoms with Crippen LogP contribution in [0.2, 0.25) is 0 Å². The fourth-order valence-corrected chi connectivity index (χ4v) is 1.55. The second kappa shape index (κ2) is 4.66. The molecule has 12 heavy (non-hydrogen) atoms. The topological polar surface area (TPSA) is 26.0 Å². The van der Waals surface area contributed by atoms with Crippen LogP contribution in [0.25, 0.3) is 0 Å². The molecule has 0 amide bonds. The van der Waals surface area contributed by atoms with Crippen molar-refractivity contribution in [3.8, 4) is 0 Å². The zero-order chi connectivity index (χ0) is 9.78. The zero-order valence-electron chi connectivity index (χ0n) is 9.15. The fourth-order valence-electron chi connectivity index (χ4n) is 1.55. The average Bonchev–Trinajstić information content (AvgIpc) is 1.85. The molecular formula is C11H23N. The third kappa shape index (κ3) is 3.91. The van der Waals surface area contributed by atoms with Gasteiger partial charge in [0, 0.05) is 5.54 Å². The summed E-state index contributed by atoms with van der Waals surface area (Å²) < 4.78 is 0. The Hall–Kier alpha value is -0.300. The van der Waals surface area contributed by atoms with Crippen LogP contribution in [0.3, 0.4) is 0 Å². The standard InChI is InChI=1S/C11H23N/c1-6-7-10(4)11(5,12)8-9(2)3/h7,9H,6,8,12H2,1-5H3/b10-7+. The Morgan fingerprint density at radius 3 is 2.33 bits per heavy atom. The van der Waals surface area contributed by atoms with Gasteiger partial charge in [-0.3, -0.25) is 0 Å². The molecule has 0 aromatic heterocycles. The van der Waals surface area contributed by atoms with Crippen LogP contribution in [0.15, 0.2) is 11.6 Å². The minimum Gasteiger partial charge on any atom is -0.322 e. The maximum atomic E-state index is 6.18. The van der Waals surface area contributed by atoms with Gasteiger partial charge in [0.1, 0.15) is 0 Å². The summed E-state index contributed by atoms with van der Waals surface area (Å²) in [7, 11) is 0. The van der Waals surface area contributed by atoms with Crippen LogP contribution in [0.4, 0.5) is 0 Å². The van der Waals surface area contributed by atoms with Gasteiger partial charge in [0.2, 0.25) is 0 Å². The van der Waals surface area contributed by atoms with E-state index < -0.39 is 0 Å². The molecule has 0 aliphatic heterocycles. The van der Waals surface area contributed by atoms with Gasteiger partial charge in [-0.1, -0.05) is 32.4 Å². The molecule has 1 heteroatoms. The highest BCUT2D eigenvalue weighted by Gasteiger charge is 2.21. The predicted octanol–water partition coefficient (Wildman–Crippen LogP) is 3.11. The third-order valence-corrected chi connectivity index (χ3v) is 2.24. The zero-order valence-corrected chi connectivity index (χ0v) is 9.15. The summed E-state index contributed by atoms with van der Waals surface area (Å²) in [4.78, 5) is 0. The maximum Gasteiger partial charge on any atom is 0.0339 e. The summed E-state index contributed by atoms with van der Waals surface area (Å²) in [6, 6.07) is 0.